The smallest absolute Gasteiger partial charge is 0.256 e. The zero-order chi connectivity index (χ0) is 19.9. The topological polar surface area (TPSA) is 126 Å². The highest BCUT2D eigenvalue weighted by molar-refractivity contribution is 6.30. The fourth-order valence-corrected chi connectivity index (χ4v) is 2.63. The Hall–Kier alpha value is -3.36. The Kier molecular flexibility index (Phi) is 6.25. The Bertz CT molecular complexity index is 1000. The van der Waals surface area contributed by atoms with Crippen LogP contribution in [-0.4, -0.2) is 40.6 Å². The molecule has 0 bridgehead atoms. The first kappa shape index (κ1) is 19.4. The summed E-state index contributed by atoms with van der Waals surface area (Å²) < 4.78 is 5.36. The molecular formula is C19H18ClN5O3. The molecule has 28 heavy (non-hydrogen) atoms. The predicted molar refractivity (Wildman–Crippen MR) is 108 cm³/mol. The molecule has 0 saturated carbocycles. The number of nitrogens with zero attached hydrogens (tertiary/aromatic N) is 2. The lowest BCUT2D eigenvalue weighted by Gasteiger charge is -2.05. The van der Waals surface area contributed by atoms with Gasteiger partial charge in [0.25, 0.3) is 5.91 Å². The number of benzene rings is 2. The number of aliphatic hydroxyl groups excluding tert-OH is 1. The van der Waals surface area contributed by atoms with Gasteiger partial charge in [-0.25, -0.2) is 4.99 Å². The number of aliphatic hydroxyl groups is 1. The van der Waals surface area contributed by atoms with Crippen molar-refractivity contribution in [2.45, 2.75) is 0 Å². The standard InChI is InChI=1S/C19H18ClN5O3/c20-13-4-2-5-14(10-13)23-19-16(17(21)27)18(24-25-19)22-11-12-3-1-6-15(9-12)28-8-7-26/h1-6,9-11,26H,7-8H2,(H2,21,27)(H2,23,24,25). The van der Waals surface area contributed by atoms with E-state index in [1.165, 1.54) is 6.21 Å². The van der Waals surface area contributed by atoms with Gasteiger partial charge in [-0.2, -0.15) is 5.10 Å². The van der Waals surface area contributed by atoms with E-state index in [2.05, 4.69) is 20.5 Å². The van der Waals surface area contributed by atoms with Crippen LogP contribution in [0.15, 0.2) is 53.5 Å². The lowest BCUT2D eigenvalue weighted by molar-refractivity contribution is 0.100. The van der Waals surface area contributed by atoms with Crippen LogP contribution in [0.1, 0.15) is 15.9 Å². The molecule has 0 radical (unpaired) electrons. The Morgan fingerprint density at radius 3 is 2.89 bits per heavy atom. The summed E-state index contributed by atoms with van der Waals surface area (Å²) in [5.41, 5.74) is 7.04. The molecule has 1 aromatic heterocycles. The number of amides is 1. The summed E-state index contributed by atoms with van der Waals surface area (Å²) in [6.07, 6.45) is 1.54. The quantitative estimate of drug-likeness (QED) is 0.433. The molecule has 9 heteroatoms. The van der Waals surface area contributed by atoms with Gasteiger partial charge in [0, 0.05) is 16.9 Å². The van der Waals surface area contributed by atoms with E-state index in [1.807, 2.05) is 6.07 Å². The van der Waals surface area contributed by atoms with Crippen molar-refractivity contribution < 1.29 is 14.6 Å². The van der Waals surface area contributed by atoms with Crippen LogP contribution < -0.4 is 15.8 Å². The van der Waals surface area contributed by atoms with Gasteiger partial charge < -0.3 is 20.9 Å². The molecule has 3 aromatic rings. The molecule has 0 aliphatic heterocycles. The van der Waals surface area contributed by atoms with Crippen molar-refractivity contribution in [1.29, 1.82) is 0 Å². The zero-order valence-electron chi connectivity index (χ0n) is 14.7. The highest BCUT2D eigenvalue weighted by Gasteiger charge is 2.18. The highest BCUT2D eigenvalue weighted by Crippen LogP contribution is 2.27. The van der Waals surface area contributed by atoms with Crippen molar-refractivity contribution in [3.05, 3.63) is 64.7 Å². The van der Waals surface area contributed by atoms with Gasteiger partial charge in [0.1, 0.15) is 23.7 Å². The minimum atomic E-state index is -0.676. The van der Waals surface area contributed by atoms with E-state index in [4.69, 9.17) is 27.2 Å². The first-order valence-corrected chi connectivity index (χ1v) is 8.73. The van der Waals surface area contributed by atoms with Gasteiger partial charge in [-0.05, 0) is 35.9 Å². The Morgan fingerprint density at radius 2 is 2.14 bits per heavy atom. The molecule has 8 nitrogen and oxygen atoms in total. The molecule has 0 spiro atoms. The summed E-state index contributed by atoms with van der Waals surface area (Å²) in [4.78, 5) is 16.2. The Labute approximate surface area is 166 Å². The Balaban J connectivity index is 1.83. The molecule has 0 unspecified atom stereocenters. The molecule has 0 aliphatic carbocycles. The summed E-state index contributed by atoms with van der Waals surface area (Å²) in [6.45, 7) is 0.125. The number of aromatic nitrogens is 2. The second-order valence-corrected chi connectivity index (χ2v) is 6.14. The van der Waals surface area contributed by atoms with Crippen molar-refractivity contribution >= 4 is 41.0 Å². The number of aliphatic imine (C=N–C) groups is 1. The third kappa shape index (κ3) is 4.87. The number of H-pyrrole nitrogens is 1. The van der Waals surface area contributed by atoms with E-state index >= 15 is 0 Å². The van der Waals surface area contributed by atoms with Crippen molar-refractivity contribution in [3.8, 4) is 5.75 Å². The van der Waals surface area contributed by atoms with Crippen LogP contribution in [0.2, 0.25) is 5.02 Å². The maximum atomic E-state index is 11.9. The van der Waals surface area contributed by atoms with Crippen molar-refractivity contribution in [2.75, 3.05) is 18.5 Å². The van der Waals surface area contributed by atoms with Crippen LogP contribution in [0.3, 0.4) is 0 Å². The fourth-order valence-electron chi connectivity index (χ4n) is 2.44. The molecule has 0 fully saturated rings. The molecule has 144 valence electrons. The van der Waals surface area contributed by atoms with E-state index in [0.29, 0.717) is 22.3 Å². The SMILES string of the molecule is NC(=O)c1c(N=Cc2cccc(OCCO)c2)n[nH]c1Nc1cccc(Cl)c1. The number of anilines is 2. The number of primary amides is 1. The van der Waals surface area contributed by atoms with E-state index in [1.54, 1.807) is 42.5 Å². The molecule has 5 N–H and O–H groups in total. The minimum Gasteiger partial charge on any atom is -0.491 e. The number of carbonyl (C=O) groups is 1. The van der Waals surface area contributed by atoms with Crippen LogP contribution in [0.25, 0.3) is 0 Å². The number of carbonyl (C=O) groups excluding carboxylic acids is 1. The normalized spacial score (nSPS) is 10.9. The van der Waals surface area contributed by atoms with Crippen molar-refractivity contribution in [1.82, 2.24) is 10.2 Å². The molecule has 1 amide bonds. The minimum absolute atomic E-state index is 0.0735. The van der Waals surface area contributed by atoms with Gasteiger partial charge >= 0.3 is 0 Å². The average molecular weight is 400 g/mol. The van der Waals surface area contributed by atoms with E-state index < -0.39 is 5.91 Å². The second-order valence-electron chi connectivity index (χ2n) is 5.70. The largest absolute Gasteiger partial charge is 0.491 e. The van der Waals surface area contributed by atoms with Gasteiger partial charge in [0.15, 0.2) is 5.82 Å². The fraction of sp³-hybridized carbons (Fsp3) is 0.105. The van der Waals surface area contributed by atoms with Crippen LogP contribution in [-0.2, 0) is 0 Å². The number of halogens is 1. The first-order valence-electron chi connectivity index (χ1n) is 8.35. The van der Waals surface area contributed by atoms with Crippen LogP contribution in [0, 0.1) is 0 Å². The zero-order valence-corrected chi connectivity index (χ0v) is 15.5. The third-order valence-electron chi connectivity index (χ3n) is 3.64. The number of rotatable bonds is 8. The van der Waals surface area contributed by atoms with Gasteiger partial charge in [-0.1, -0.05) is 29.8 Å². The molecule has 0 saturated heterocycles. The van der Waals surface area contributed by atoms with Crippen molar-refractivity contribution in [3.63, 3.8) is 0 Å². The van der Waals surface area contributed by atoms with Crippen molar-refractivity contribution in [2.24, 2.45) is 10.7 Å². The molecule has 3 rings (SSSR count). The Morgan fingerprint density at radius 1 is 1.32 bits per heavy atom. The highest BCUT2D eigenvalue weighted by atomic mass is 35.5. The number of hydrogen-bond donors (Lipinski definition) is 4. The van der Waals surface area contributed by atoms with Crippen LogP contribution in [0.5, 0.6) is 5.75 Å². The number of aromatic amines is 1. The maximum absolute atomic E-state index is 11.9. The maximum Gasteiger partial charge on any atom is 0.256 e. The summed E-state index contributed by atoms with van der Waals surface area (Å²) in [5, 5.41) is 19.2. The first-order chi connectivity index (χ1) is 13.6. The van der Waals surface area contributed by atoms with E-state index in [0.717, 1.165) is 5.56 Å². The van der Waals surface area contributed by atoms with Crippen LogP contribution in [0.4, 0.5) is 17.3 Å². The monoisotopic (exact) mass is 399 g/mol. The molecule has 0 aliphatic rings. The summed E-state index contributed by atoms with van der Waals surface area (Å²) in [7, 11) is 0. The summed E-state index contributed by atoms with van der Waals surface area (Å²) >= 11 is 5.98. The van der Waals surface area contributed by atoms with Crippen LogP contribution >= 0.6 is 11.6 Å². The number of nitrogens with one attached hydrogen (secondary N) is 2. The van der Waals surface area contributed by atoms with Gasteiger partial charge in [0.2, 0.25) is 0 Å². The molecule has 0 atom stereocenters. The van der Waals surface area contributed by atoms with Gasteiger partial charge in [-0.3, -0.25) is 9.89 Å². The molecular weight excluding hydrogens is 382 g/mol. The summed E-state index contributed by atoms with van der Waals surface area (Å²) in [6, 6.07) is 14.1. The number of hydrogen-bond acceptors (Lipinski definition) is 6. The predicted octanol–water partition coefficient (Wildman–Crippen LogP) is 3.03. The lowest BCUT2D eigenvalue weighted by Crippen LogP contribution is -2.12. The number of nitrogens with two attached hydrogens (primary N) is 1. The second kappa shape index (κ2) is 9.03. The number of ether oxygens (including phenoxy) is 1. The molecule has 2 aromatic carbocycles. The molecule has 1 heterocycles. The average Bonchev–Trinajstić information content (AvgIpc) is 3.08. The summed E-state index contributed by atoms with van der Waals surface area (Å²) in [5.74, 6) is 0.393. The van der Waals surface area contributed by atoms with E-state index in [-0.39, 0.29) is 24.6 Å². The van der Waals surface area contributed by atoms with Gasteiger partial charge in [0.05, 0.1) is 6.61 Å². The third-order valence-corrected chi connectivity index (χ3v) is 3.88. The lowest BCUT2D eigenvalue weighted by atomic mass is 10.2. The van der Waals surface area contributed by atoms with E-state index in [9.17, 15) is 4.79 Å². The van der Waals surface area contributed by atoms with Gasteiger partial charge in [-0.15, -0.1) is 0 Å².